The lowest BCUT2D eigenvalue weighted by atomic mass is 9.79. The highest BCUT2D eigenvalue weighted by Crippen LogP contribution is 2.18. The molecular weight excluding hydrogens is 262 g/mol. The smallest absolute Gasteiger partial charge is 0.423 e. The Kier molecular flexibility index (Phi) is 3.82. The molecule has 1 aliphatic heterocycles. The first-order chi connectivity index (χ1) is 8.87. The summed E-state index contributed by atoms with van der Waals surface area (Å²) in [5, 5.41) is 11.6. The van der Waals surface area contributed by atoms with Crippen molar-refractivity contribution in [1.29, 1.82) is 0 Å². The lowest BCUT2D eigenvalue weighted by Crippen LogP contribution is -2.31. The molecule has 4 nitrogen and oxygen atoms in total. The van der Waals surface area contributed by atoms with Crippen molar-refractivity contribution in [3.8, 4) is 0 Å². The van der Waals surface area contributed by atoms with Gasteiger partial charge in [0.25, 0.3) is 5.91 Å². The summed E-state index contributed by atoms with van der Waals surface area (Å²) in [5.74, 6) is -0.605. The molecule has 0 spiro atoms. The van der Waals surface area contributed by atoms with Gasteiger partial charge in [0, 0.05) is 12.1 Å². The highest BCUT2D eigenvalue weighted by molar-refractivity contribution is 6.61. The van der Waals surface area contributed by atoms with E-state index in [-0.39, 0.29) is 12.2 Å². The average Bonchev–Trinajstić information content (AvgIpc) is 2.69. The van der Waals surface area contributed by atoms with Crippen LogP contribution in [0.15, 0.2) is 18.2 Å². The van der Waals surface area contributed by atoms with Crippen molar-refractivity contribution >= 4 is 18.5 Å². The molecule has 0 atom stereocenters. The molecule has 0 unspecified atom stereocenters. The van der Waals surface area contributed by atoms with Crippen LogP contribution in [0.25, 0.3) is 0 Å². The average molecular weight is 273 g/mol. The Morgan fingerprint density at radius 3 is 2.89 bits per heavy atom. The summed E-state index contributed by atoms with van der Waals surface area (Å²) in [6.07, 6.45) is -5.37. The van der Waals surface area contributed by atoms with Crippen molar-refractivity contribution in [2.24, 2.45) is 0 Å². The SMILES string of the molecule is O=C(NCCC(F)(F)F)c1ccc2c(c1)B(O)OC2. The van der Waals surface area contributed by atoms with E-state index in [4.69, 9.17) is 4.65 Å². The van der Waals surface area contributed by atoms with E-state index in [2.05, 4.69) is 5.32 Å². The summed E-state index contributed by atoms with van der Waals surface area (Å²) >= 11 is 0. The number of benzene rings is 1. The first-order valence-corrected chi connectivity index (χ1v) is 5.64. The molecule has 1 amide bonds. The Morgan fingerprint density at radius 1 is 1.47 bits per heavy atom. The lowest BCUT2D eigenvalue weighted by Gasteiger charge is -2.08. The first-order valence-electron chi connectivity index (χ1n) is 5.64. The van der Waals surface area contributed by atoms with Gasteiger partial charge in [0.05, 0.1) is 13.0 Å². The van der Waals surface area contributed by atoms with E-state index >= 15 is 0 Å². The third kappa shape index (κ3) is 3.48. The van der Waals surface area contributed by atoms with Crippen LogP contribution in [-0.2, 0) is 11.3 Å². The molecule has 19 heavy (non-hydrogen) atoms. The van der Waals surface area contributed by atoms with E-state index in [9.17, 15) is 23.0 Å². The maximum atomic E-state index is 11.9. The van der Waals surface area contributed by atoms with Gasteiger partial charge in [0.15, 0.2) is 0 Å². The van der Waals surface area contributed by atoms with Gasteiger partial charge in [0.2, 0.25) is 0 Å². The van der Waals surface area contributed by atoms with Gasteiger partial charge in [-0.15, -0.1) is 0 Å². The number of hydrogen-bond acceptors (Lipinski definition) is 3. The lowest BCUT2D eigenvalue weighted by molar-refractivity contribution is -0.132. The number of carbonyl (C=O) groups is 1. The molecule has 0 bridgehead atoms. The molecule has 0 aromatic heterocycles. The molecule has 1 aliphatic rings. The van der Waals surface area contributed by atoms with Crippen molar-refractivity contribution < 1.29 is 27.6 Å². The topological polar surface area (TPSA) is 58.6 Å². The molecule has 1 heterocycles. The van der Waals surface area contributed by atoms with E-state index < -0.39 is 32.2 Å². The van der Waals surface area contributed by atoms with Gasteiger partial charge in [-0.25, -0.2) is 0 Å². The molecule has 0 saturated heterocycles. The van der Waals surface area contributed by atoms with Crippen molar-refractivity contribution in [3.05, 3.63) is 29.3 Å². The Bertz CT molecular complexity index is 493. The van der Waals surface area contributed by atoms with Gasteiger partial charge in [-0.3, -0.25) is 4.79 Å². The Hall–Kier alpha value is -1.54. The maximum absolute atomic E-state index is 11.9. The summed E-state index contributed by atoms with van der Waals surface area (Å²) in [7, 11) is -1.09. The molecule has 2 rings (SSSR count). The maximum Gasteiger partial charge on any atom is 0.491 e. The van der Waals surface area contributed by atoms with E-state index in [1.165, 1.54) is 12.1 Å². The van der Waals surface area contributed by atoms with Crippen molar-refractivity contribution in [1.82, 2.24) is 5.32 Å². The number of rotatable bonds is 3. The normalized spacial score (nSPS) is 14.4. The van der Waals surface area contributed by atoms with Crippen LogP contribution in [0.1, 0.15) is 22.3 Å². The first kappa shape index (κ1) is 13.9. The molecule has 8 heteroatoms. The third-order valence-corrected chi connectivity index (χ3v) is 2.76. The van der Waals surface area contributed by atoms with Crippen LogP contribution in [-0.4, -0.2) is 30.8 Å². The molecule has 102 valence electrons. The van der Waals surface area contributed by atoms with Crippen LogP contribution in [0.3, 0.4) is 0 Å². The monoisotopic (exact) mass is 273 g/mol. The van der Waals surface area contributed by atoms with Crippen LogP contribution < -0.4 is 10.8 Å². The third-order valence-electron chi connectivity index (χ3n) is 2.76. The van der Waals surface area contributed by atoms with Gasteiger partial charge >= 0.3 is 13.3 Å². The predicted molar refractivity (Wildman–Crippen MR) is 61.8 cm³/mol. The van der Waals surface area contributed by atoms with Gasteiger partial charge in [-0.2, -0.15) is 13.2 Å². The zero-order valence-electron chi connectivity index (χ0n) is 9.83. The molecule has 1 aromatic rings. The summed E-state index contributed by atoms with van der Waals surface area (Å²) in [4.78, 5) is 11.6. The minimum Gasteiger partial charge on any atom is -0.423 e. The molecular formula is C11H11BF3NO3. The fourth-order valence-corrected chi connectivity index (χ4v) is 1.78. The molecule has 0 radical (unpaired) electrons. The zero-order chi connectivity index (χ0) is 14.0. The van der Waals surface area contributed by atoms with Crippen molar-refractivity contribution in [3.63, 3.8) is 0 Å². The van der Waals surface area contributed by atoms with Crippen LogP contribution in [0.2, 0.25) is 0 Å². The predicted octanol–water partition coefficient (Wildman–Crippen LogP) is 0.587. The minimum atomic E-state index is -4.30. The number of carbonyl (C=O) groups excluding carboxylic acids is 1. The van der Waals surface area contributed by atoms with Crippen molar-refractivity contribution in [2.45, 2.75) is 19.2 Å². The second-order valence-corrected chi connectivity index (χ2v) is 4.20. The second kappa shape index (κ2) is 5.22. The molecule has 0 saturated carbocycles. The number of nitrogens with one attached hydrogen (secondary N) is 1. The number of fused-ring (bicyclic) bond motifs is 1. The molecule has 2 N–H and O–H groups in total. The van der Waals surface area contributed by atoms with E-state index in [0.29, 0.717) is 5.46 Å². The van der Waals surface area contributed by atoms with E-state index in [0.717, 1.165) is 5.56 Å². The number of hydrogen-bond donors (Lipinski definition) is 2. The highest BCUT2D eigenvalue weighted by atomic mass is 19.4. The van der Waals surface area contributed by atoms with E-state index in [1.54, 1.807) is 6.07 Å². The molecule has 1 aromatic carbocycles. The van der Waals surface area contributed by atoms with Crippen LogP contribution in [0.5, 0.6) is 0 Å². The van der Waals surface area contributed by atoms with Gasteiger partial charge in [-0.05, 0) is 23.2 Å². The summed E-state index contributed by atoms with van der Waals surface area (Å²) in [6, 6.07) is 4.53. The summed E-state index contributed by atoms with van der Waals surface area (Å²) in [5.41, 5.74) is 1.44. The second-order valence-electron chi connectivity index (χ2n) is 4.20. The van der Waals surface area contributed by atoms with Crippen LogP contribution >= 0.6 is 0 Å². The van der Waals surface area contributed by atoms with Crippen LogP contribution in [0.4, 0.5) is 13.2 Å². The largest absolute Gasteiger partial charge is 0.491 e. The van der Waals surface area contributed by atoms with E-state index in [1.807, 2.05) is 0 Å². The van der Waals surface area contributed by atoms with Crippen LogP contribution in [0, 0.1) is 0 Å². The zero-order valence-corrected chi connectivity index (χ0v) is 9.83. The highest BCUT2D eigenvalue weighted by Gasteiger charge is 2.29. The molecule has 0 fully saturated rings. The number of amides is 1. The number of halogens is 3. The fourth-order valence-electron chi connectivity index (χ4n) is 1.78. The fraction of sp³-hybridized carbons (Fsp3) is 0.364. The standard InChI is InChI=1S/C11H11BF3NO3/c13-11(14,15)3-4-16-10(17)7-1-2-8-6-19-12(18)9(8)5-7/h1-2,5,18H,3-4,6H2,(H,16,17). The van der Waals surface area contributed by atoms with Crippen molar-refractivity contribution in [2.75, 3.05) is 6.54 Å². The number of alkyl halides is 3. The van der Waals surface area contributed by atoms with Gasteiger partial charge in [-0.1, -0.05) is 6.07 Å². The minimum absolute atomic E-state index is 0.200. The Morgan fingerprint density at radius 2 is 2.21 bits per heavy atom. The summed E-state index contributed by atoms with van der Waals surface area (Å²) < 4.78 is 40.8. The van der Waals surface area contributed by atoms with Gasteiger partial charge < -0.3 is 15.0 Å². The quantitative estimate of drug-likeness (QED) is 0.792. The van der Waals surface area contributed by atoms with Gasteiger partial charge in [0.1, 0.15) is 0 Å². The Balaban J connectivity index is 1.99. The Labute approximate surface area is 107 Å². The molecule has 0 aliphatic carbocycles. The summed E-state index contributed by atoms with van der Waals surface area (Å²) in [6.45, 7) is -0.217.